The van der Waals surface area contributed by atoms with E-state index >= 15 is 0 Å². The molecule has 30 heavy (non-hydrogen) atoms. The Balaban J connectivity index is 1.75. The van der Waals surface area contributed by atoms with Crippen LogP contribution in [0, 0.1) is 10.1 Å². The number of thioether (sulfide) groups is 1. The minimum Gasteiger partial charge on any atom is -0.493 e. The molecule has 1 aliphatic heterocycles. The number of non-ortho nitro benzene ring substituents is 1. The molecule has 9 heteroatoms. The highest BCUT2D eigenvalue weighted by Gasteiger charge is 2.31. The van der Waals surface area contributed by atoms with Crippen LogP contribution in [0.4, 0.5) is 5.69 Å². The average Bonchev–Trinajstić information content (AvgIpc) is 3.00. The van der Waals surface area contributed by atoms with Gasteiger partial charge in [0.2, 0.25) is 0 Å². The molecule has 0 atom stereocenters. The van der Waals surface area contributed by atoms with Crippen molar-refractivity contribution in [2.24, 2.45) is 0 Å². The molecular weight excluding hydrogens is 424 g/mol. The molecule has 0 N–H and O–H groups in total. The Labute approximate surface area is 183 Å². The predicted octanol–water partition coefficient (Wildman–Crippen LogP) is 4.79. The van der Waals surface area contributed by atoms with Crippen molar-refractivity contribution in [1.29, 1.82) is 0 Å². The smallest absolute Gasteiger partial charge is 0.269 e. The Morgan fingerprint density at radius 1 is 1.23 bits per heavy atom. The molecule has 2 aromatic rings. The molecule has 0 radical (unpaired) electrons. The van der Waals surface area contributed by atoms with Gasteiger partial charge in [-0.25, -0.2) is 0 Å². The molecule has 3 rings (SSSR count). The Hall–Kier alpha value is -2.91. The molecule has 156 valence electrons. The van der Waals surface area contributed by atoms with Crippen LogP contribution in [-0.4, -0.2) is 33.7 Å². The van der Waals surface area contributed by atoms with E-state index in [1.807, 2.05) is 13.0 Å². The van der Waals surface area contributed by atoms with E-state index in [4.69, 9.17) is 21.7 Å². The number of nitro groups is 1. The van der Waals surface area contributed by atoms with E-state index < -0.39 is 4.92 Å². The van der Waals surface area contributed by atoms with Crippen LogP contribution < -0.4 is 9.47 Å². The molecule has 1 amide bonds. The van der Waals surface area contributed by atoms with Crippen LogP contribution in [0.3, 0.4) is 0 Å². The number of ether oxygens (including phenoxy) is 2. The number of carbonyl (C=O) groups excluding carboxylic acids is 1. The molecule has 1 saturated heterocycles. The van der Waals surface area contributed by atoms with Gasteiger partial charge in [0.1, 0.15) is 10.9 Å². The normalized spacial score (nSPS) is 15.0. The van der Waals surface area contributed by atoms with Crippen LogP contribution in [-0.2, 0) is 11.4 Å². The molecule has 0 spiro atoms. The number of benzene rings is 2. The Kier molecular flexibility index (Phi) is 7.07. The summed E-state index contributed by atoms with van der Waals surface area (Å²) in [5.74, 6) is 0.912. The lowest BCUT2D eigenvalue weighted by molar-refractivity contribution is -0.384. The van der Waals surface area contributed by atoms with E-state index in [9.17, 15) is 14.9 Å². The highest BCUT2D eigenvalue weighted by Crippen LogP contribution is 2.35. The van der Waals surface area contributed by atoms with Crippen LogP contribution in [0.2, 0.25) is 0 Å². The van der Waals surface area contributed by atoms with E-state index in [0.717, 1.165) is 12.0 Å². The second-order valence-electron chi connectivity index (χ2n) is 6.46. The van der Waals surface area contributed by atoms with Crippen LogP contribution in [0.15, 0.2) is 47.4 Å². The van der Waals surface area contributed by atoms with Crippen molar-refractivity contribution in [2.75, 3.05) is 13.7 Å². The van der Waals surface area contributed by atoms with Crippen molar-refractivity contribution in [3.05, 3.63) is 68.6 Å². The van der Waals surface area contributed by atoms with E-state index in [2.05, 4.69) is 0 Å². The second-order valence-corrected chi connectivity index (χ2v) is 8.14. The van der Waals surface area contributed by atoms with Gasteiger partial charge < -0.3 is 9.47 Å². The minimum absolute atomic E-state index is 0.0128. The summed E-state index contributed by atoms with van der Waals surface area (Å²) in [6.07, 6.45) is 2.62. The molecular formula is C21H20N2O5S2. The van der Waals surface area contributed by atoms with E-state index in [1.54, 1.807) is 35.2 Å². The Morgan fingerprint density at radius 3 is 2.73 bits per heavy atom. The molecule has 1 aliphatic rings. The van der Waals surface area contributed by atoms with Gasteiger partial charge in [0, 0.05) is 18.7 Å². The summed E-state index contributed by atoms with van der Waals surface area (Å²) in [6.45, 7) is 2.77. The van der Waals surface area contributed by atoms with Crippen LogP contribution in [0.25, 0.3) is 6.08 Å². The van der Waals surface area contributed by atoms with Gasteiger partial charge in [-0.1, -0.05) is 49.1 Å². The van der Waals surface area contributed by atoms with Gasteiger partial charge in [-0.2, -0.15) is 0 Å². The van der Waals surface area contributed by atoms with E-state index in [-0.39, 0.29) is 18.2 Å². The van der Waals surface area contributed by atoms with Gasteiger partial charge in [0.15, 0.2) is 11.5 Å². The number of hydrogen-bond acceptors (Lipinski definition) is 7. The van der Waals surface area contributed by atoms with Gasteiger partial charge in [-0.05, 0) is 35.8 Å². The number of nitro benzene ring substituents is 1. The zero-order valence-electron chi connectivity index (χ0n) is 16.5. The van der Waals surface area contributed by atoms with Crippen LogP contribution in [0.5, 0.6) is 11.5 Å². The average molecular weight is 445 g/mol. The summed E-state index contributed by atoms with van der Waals surface area (Å²) in [6, 6.07) is 11.6. The SMILES string of the molecule is CCCN1C(=O)/C(=C/c2ccc(OCc3cccc([N+](=O)[O-])c3)c(OC)c2)SC1=S. The van der Waals surface area contributed by atoms with Gasteiger partial charge in [0.05, 0.1) is 16.9 Å². The maximum absolute atomic E-state index is 12.5. The molecule has 0 bridgehead atoms. The number of rotatable bonds is 8. The number of carbonyl (C=O) groups is 1. The molecule has 2 aromatic carbocycles. The number of hydrogen-bond donors (Lipinski definition) is 0. The van der Waals surface area contributed by atoms with Crippen LogP contribution >= 0.6 is 24.0 Å². The first-order valence-electron chi connectivity index (χ1n) is 9.22. The fraction of sp³-hybridized carbons (Fsp3) is 0.238. The molecule has 0 unspecified atom stereocenters. The third-order valence-corrected chi connectivity index (χ3v) is 5.70. The van der Waals surface area contributed by atoms with Gasteiger partial charge in [0.25, 0.3) is 11.6 Å². The van der Waals surface area contributed by atoms with Crippen molar-refractivity contribution in [1.82, 2.24) is 4.90 Å². The second kappa shape index (κ2) is 9.73. The van der Waals surface area contributed by atoms with Gasteiger partial charge >= 0.3 is 0 Å². The van der Waals surface area contributed by atoms with Crippen LogP contribution in [0.1, 0.15) is 24.5 Å². The number of nitrogens with zero attached hydrogens (tertiary/aromatic N) is 2. The zero-order chi connectivity index (χ0) is 21.7. The van der Waals surface area contributed by atoms with Gasteiger partial charge in [-0.3, -0.25) is 19.8 Å². The Bertz CT molecular complexity index is 1020. The summed E-state index contributed by atoms with van der Waals surface area (Å²) in [4.78, 5) is 25.2. The van der Waals surface area contributed by atoms with Crippen molar-refractivity contribution >= 4 is 46.0 Å². The third kappa shape index (κ3) is 4.98. The minimum atomic E-state index is -0.442. The summed E-state index contributed by atoms with van der Waals surface area (Å²) in [7, 11) is 1.53. The van der Waals surface area contributed by atoms with Gasteiger partial charge in [-0.15, -0.1) is 0 Å². The van der Waals surface area contributed by atoms with Crippen molar-refractivity contribution < 1.29 is 19.2 Å². The maximum Gasteiger partial charge on any atom is 0.269 e. The van der Waals surface area contributed by atoms with Crippen molar-refractivity contribution in [2.45, 2.75) is 20.0 Å². The lowest BCUT2D eigenvalue weighted by atomic mass is 10.1. The summed E-state index contributed by atoms with van der Waals surface area (Å²) in [5, 5.41) is 10.9. The first kappa shape index (κ1) is 21.8. The number of methoxy groups -OCH3 is 1. The van der Waals surface area contributed by atoms with Crippen molar-refractivity contribution in [3.8, 4) is 11.5 Å². The standard InChI is InChI=1S/C21H20N2O5S2/c1-3-9-22-20(24)19(30-21(22)29)12-14-7-8-17(18(11-14)27-2)28-13-15-5-4-6-16(10-15)23(25)26/h4-8,10-12H,3,9,13H2,1-2H3/b19-12-. The Morgan fingerprint density at radius 2 is 2.03 bits per heavy atom. The third-order valence-electron chi connectivity index (χ3n) is 4.32. The molecule has 7 nitrogen and oxygen atoms in total. The number of amides is 1. The lowest BCUT2D eigenvalue weighted by Gasteiger charge is -2.12. The zero-order valence-corrected chi connectivity index (χ0v) is 18.1. The van der Waals surface area contributed by atoms with E-state index in [0.29, 0.717) is 32.8 Å². The molecule has 0 saturated carbocycles. The first-order chi connectivity index (χ1) is 14.4. The highest BCUT2D eigenvalue weighted by atomic mass is 32.2. The summed E-state index contributed by atoms with van der Waals surface area (Å²) >= 11 is 6.58. The summed E-state index contributed by atoms with van der Waals surface area (Å²) in [5.41, 5.74) is 1.47. The largest absolute Gasteiger partial charge is 0.493 e. The fourth-order valence-corrected chi connectivity index (χ4v) is 4.19. The number of thiocarbonyl (C=S) groups is 1. The summed E-state index contributed by atoms with van der Waals surface area (Å²) < 4.78 is 11.8. The highest BCUT2D eigenvalue weighted by molar-refractivity contribution is 8.26. The maximum atomic E-state index is 12.5. The quantitative estimate of drug-likeness (QED) is 0.250. The molecule has 0 aromatic heterocycles. The molecule has 1 fully saturated rings. The van der Waals surface area contributed by atoms with E-state index in [1.165, 1.54) is 31.0 Å². The van der Waals surface area contributed by atoms with Crippen molar-refractivity contribution in [3.63, 3.8) is 0 Å². The predicted molar refractivity (Wildman–Crippen MR) is 121 cm³/mol. The monoisotopic (exact) mass is 444 g/mol. The first-order valence-corrected chi connectivity index (χ1v) is 10.4. The molecule has 0 aliphatic carbocycles. The molecule has 1 heterocycles. The topological polar surface area (TPSA) is 81.9 Å². The fourth-order valence-electron chi connectivity index (χ4n) is 2.88. The lowest BCUT2D eigenvalue weighted by Crippen LogP contribution is -2.28.